The third kappa shape index (κ3) is 2.77. The van der Waals surface area contributed by atoms with Crippen LogP contribution in [0, 0.1) is 23.4 Å². The molecule has 1 amide bonds. The van der Waals surface area contributed by atoms with Crippen molar-refractivity contribution >= 4 is 22.5 Å². The normalized spacial score (nSPS) is 16.7. The van der Waals surface area contributed by atoms with Crippen LogP contribution < -0.4 is 5.32 Å². The average molecular weight is 344 g/mol. The molecule has 6 heteroatoms. The maximum atomic E-state index is 13.7. The zero-order valence-electron chi connectivity index (χ0n) is 13.2. The van der Waals surface area contributed by atoms with Crippen LogP contribution in [0.3, 0.4) is 0 Å². The van der Waals surface area contributed by atoms with Gasteiger partial charge in [-0.1, -0.05) is 6.07 Å². The van der Waals surface area contributed by atoms with Crippen LogP contribution in [0.5, 0.6) is 0 Å². The predicted molar refractivity (Wildman–Crippen MR) is 88.8 cm³/mol. The van der Waals surface area contributed by atoms with Gasteiger partial charge in [0.25, 0.3) is 0 Å². The molecule has 0 saturated heterocycles. The lowest BCUT2D eigenvalue weighted by Gasteiger charge is -2.22. The second-order valence-electron chi connectivity index (χ2n) is 6.30. The molecular weight excluding hydrogens is 329 g/mol. The number of fused-ring (bicyclic) bond motifs is 3. The number of H-pyrrole nitrogens is 1. The molecule has 3 aromatic rings. The van der Waals surface area contributed by atoms with Gasteiger partial charge in [-0.3, -0.25) is 4.79 Å². The Kier molecular flexibility index (Phi) is 3.75. The highest BCUT2D eigenvalue weighted by Gasteiger charge is 2.28. The summed E-state index contributed by atoms with van der Waals surface area (Å²) in [4.78, 5) is 15.7. The molecule has 0 spiro atoms. The number of carbonyl (C=O) groups excluding carboxylic acids is 1. The first kappa shape index (κ1) is 15.7. The van der Waals surface area contributed by atoms with Gasteiger partial charge in [0.1, 0.15) is 23.1 Å². The van der Waals surface area contributed by atoms with Crippen LogP contribution in [0.15, 0.2) is 36.4 Å². The van der Waals surface area contributed by atoms with E-state index in [0.29, 0.717) is 19.3 Å². The van der Waals surface area contributed by atoms with Crippen LogP contribution in [0.2, 0.25) is 0 Å². The van der Waals surface area contributed by atoms with Gasteiger partial charge < -0.3 is 10.3 Å². The van der Waals surface area contributed by atoms with Gasteiger partial charge in [0, 0.05) is 22.5 Å². The Morgan fingerprint density at radius 2 is 1.88 bits per heavy atom. The van der Waals surface area contributed by atoms with Gasteiger partial charge in [-0.05, 0) is 55.2 Å². The topological polar surface area (TPSA) is 44.9 Å². The number of aromatic amines is 1. The molecule has 3 nitrogen and oxygen atoms in total. The standard InChI is InChI=1S/C19H15F3N2O/c20-11-5-7-17-13(9-11)12-8-10(4-6-16(12)23-17)19(25)24-18-14(21)2-1-3-15(18)22/h1-3,5,7,9-10,23H,4,6,8H2,(H,24,25). The first-order valence-corrected chi connectivity index (χ1v) is 8.07. The highest BCUT2D eigenvalue weighted by molar-refractivity contribution is 5.94. The summed E-state index contributed by atoms with van der Waals surface area (Å²) < 4.78 is 41.0. The number of aryl methyl sites for hydroxylation is 1. The molecule has 1 aliphatic rings. The van der Waals surface area contributed by atoms with Gasteiger partial charge >= 0.3 is 0 Å². The van der Waals surface area contributed by atoms with Crippen molar-refractivity contribution in [2.75, 3.05) is 5.32 Å². The molecule has 0 aliphatic heterocycles. The summed E-state index contributed by atoms with van der Waals surface area (Å²) in [6.07, 6.45) is 1.59. The summed E-state index contributed by atoms with van der Waals surface area (Å²) in [6, 6.07) is 7.94. The average Bonchev–Trinajstić information content (AvgIpc) is 2.95. The van der Waals surface area contributed by atoms with Gasteiger partial charge in [0.05, 0.1) is 0 Å². The number of aromatic nitrogens is 1. The lowest BCUT2D eigenvalue weighted by molar-refractivity contribution is -0.120. The summed E-state index contributed by atoms with van der Waals surface area (Å²) in [5.74, 6) is -2.80. The number of halogens is 3. The molecule has 128 valence electrons. The Morgan fingerprint density at radius 3 is 2.64 bits per heavy atom. The van der Waals surface area contributed by atoms with Crippen LogP contribution >= 0.6 is 0 Å². The van der Waals surface area contributed by atoms with E-state index in [1.54, 1.807) is 6.07 Å². The SMILES string of the molecule is O=C(Nc1c(F)cccc1F)C1CCc2[nH]c3ccc(F)cc3c2C1. The van der Waals surface area contributed by atoms with E-state index in [1.807, 2.05) is 0 Å². The number of carbonyl (C=O) groups is 1. The van der Waals surface area contributed by atoms with E-state index in [0.717, 1.165) is 34.3 Å². The molecule has 0 fully saturated rings. The van der Waals surface area contributed by atoms with Crippen LogP contribution in [0.4, 0.5) is 18.9 Å². The highest BCUT2D eigenvalue weighted by atomic mass is 19.1. The molecule has 1 heterocycles. The minimum absolute atomic E-state index is 0.339. The molecule has 2 N–H and O–H groups in total. The van der Waals surface area contributed by atoms with Gasteiger partial charge in [-0.15, -0.1) is 0 Å². The zero-order chi connectivity index (χ0) is 17.6. The number of amides is 1. The largest absolute Gasteiger partial charge is 0.358 e. The smallest absolute Gasteiger partial charge is 0.227 e. The van der Waals surface area contributed by atoms with Gasteiger partial charge in [-0.25, -0.2) is 13.2 Å². The third-order valence-electron chi connectivity index (χ3n) is 4.73. The Balaban J connectivity index is 1.60. The number of hydrogen-bond acceptors (Lipinski definition) is 1. The number of hydrogen-bond donors (Lipinski definition) is 2. The fourth-order valence-corrected chi connectivity index (χ4v) is 3.46. The van der Waals surface area contributed by atoms with Crippen molar-refractivity contribution in [2.24, 2.45) is 5.92 Å². The molecule has 0 saturated carbocycles. The molecule has 1 unspecified atom stereocenters. The molecule has 25 heavy (non-hydrogen) atoms. The second-order valence-corrected chi connectivity index (χ2v) is 6.30. The summed E-state index contributed by atoms with van der Waals surface area (Å²) in [6.45, 7) is 0. The molecule has 4 rings (SSSR count). The van der Waals surface area contributed by atoms with Gasteiger partial charge in [-0.2, -0.15) is 0 Å². The van der Waals surface area contributed by atoms with Crippen molar-refractivity contribution < 1.29 is 18.0 Å². The lowest BCUT2D eigenvalue weighted by Crippen LogP contribution is -2.28. The summed E-state index contributed by atoms with van der Waals surface area (Å²) in [5, 5.41) is 3.11. The first-order valence-electron chi connectivity index (χ1n) is 8.07. The van der Waals surface area contributed by atoms with E-state index in [9.17, 15) is 18.0 Å². The fourth-order valence-electron chi connectivity index (χ4n) is 3.46. The number of anilines is 1. The van der Waals surface area contributed by atoms with E-state index < -0.39 is 29.1 Å². The van der Waals surface area contributed by atoms with Crippen LogP contribution in [0.1, 0.15) is 17.7 Å². The van der Waals surface area contributed by atoms with Crippen molar-refractivity contribution in [1.82, 2.24) is 4.98 Å². The molecular formula is C19H15F3N2O. The molecule has 2 aromatic carbocycles. The van der Waals surface area contributed by atoms with Gasteiger partial charge in [0.15, 0.2) is 0 Å². The summed E-state index contributed by atoms with van der Waals surface area (Å²) in [5.41, 5.74) is 2.28. The zero-order valence-corrected chi connectivity index (χ0v) is 13.2. The Labute approximate surface area is 141 Å². The molecule has 1 atom stereocenters. The Morgan fingerprint density at radius 1 is 1.12 bits per heavy atom. The van der Waals surface area contributed by atoms with E-state index in [1.165, 1.54) is 18.2 Å². The van der Waals surface area contributed by atoms with Crippen LogP contribution in [-0.2, 0) is 17.6 Å². The number of nitrogens with one attached hydrogen (secondary N) is 2. The summed E-state index contributed by atoms with van der Waals surface area (Å²) in [7, 11) is 0. The number of para-hydroxylation sites is 1. The Bertz CT molecular complexity index is 960. The molecule has 1 aromatic heterocycles. The van der Waals surface area contributed by atoms with E-state index in [-0.39, 0.29) is 5.82 Å². The first-order chi connectivity index (χ1) is 12.0. The van der Waals surface area contributed by atoms with Crippen molar-refractivity contribution in [3.63, 3.8) is 0 Å². The minimum atomic E-state index is -0.806. The Hall–Kier alpha value is -2.76. The van der Waals surface area contributed by atoms with Crippen molar-refractivity contribution in [2.45, 2.75) is 19.3 Å². The van der Waals surface area contributed by atoms with E-state index in [4.69, 9.17) is 0 Å². The van der Waals surface area contributed by atoms with Crippen LogP contribution in [-0.4, -0.2) is 10.9 Å². The fraction of sp³-hybridized carbons (Fsp3) is 0.211. The molecule has 1 aliphatic carbocycles. The maximum absolute atomic E-state index is 13.7. The lowest BCUT2D eigenvalue weighted by atomic mass is 9.85. The predicted octanol–water partition coefficient (Wildman–Crippen LogP) is 4.33. The second kappa shape index (κ2) is 5.95. The van der Waals surface area contributed by atoms with Crippen molar-refractivity contribution in [3.8, 4) is 0 Å². The summed E-state index contributed by atoms with van der Waals surface area (Å²) >= 11 is 0. The third-order valence-corrected chi connectivity index (χ3v) is 4.73. The monoisotopic (exact) mass is 344 g/mol. The quantitative estimate of drug-likeness (QED) is 0.714. The van der Waals surface area contributed by atoms with Crippen LogP contribution in [0.25, 0.3) is 10.9 Å². The van der Waals surface area contributed by atoms with Crippen molar-refractivity contribution in [3.05, 3.63) is 65.1 Å². The molecule has 0 radical (unpaired) electrons. The highest BCUT2D eigenvalue weighted by Crippen LogP contribution is 2.33. The number of rotatable bonds is 2. The maximum Gasteiger partial charge on any atom is 0.227 e. The number of benzene rings is 2. The molecule has 0 bridgehead atoms. The minimum Gasteiger partial charge on any atom is -0.358 e. The van der Waals surface area contributed by atoms with Crippen molar-refractivity contribution in [1.29, 1.82) is 0 Å². The van der Waals surface area contributed by atoms with E-state index in [2.05, 4.69) is 10.3 Å². The van der Waals surface area contributed by atoms with Gasteiger partial charge in [0.2, 0.25) is 5.91 Å². The van der Waals surface area contributed by atoms with E-state index >= 15 is 0 Å².